The number of nitrogens with zero attached hydrogens (tertiary/aromatic N) is 3. The van der Waals surface area contributed by atoms with Crippen LogP contribution in [0.1, 0.15) is 44.9 Å². The van der Waals surface area contributed by atoms with E-state index in [1.807, 2.05) is 12.1 Å². The molecule has 0 fully saturated rings. The van der Waals surface area contributed by atoms with Gasteiger partial charge in [-0.2, -0.15) is 0 Å². The molecule has 1 heterocycles. The molecule has 0 spiro atoms. The number of rotatable bonds is 7. The predicted octanol–water partition coefficient (Wildman–Crippen LogP) is 2.58. The number of carbonyl (C=O) groups is 1. The number of amides is 1. The van der Waals surface area contributed by atoms with Crippen LogP contribution in [-0.2, 0) is 11.3 Å². The summed E-state index contributed by atoms with van der Waals surface area (Å²) in [6.07, 6.45) is 9.10. The van der Waals surface area contributed by atoms with Crippen molar-refractivity contribution in [1.82, 2.24) is 20.3 Å². The Labute approximate surface area is 146 Å². The third-order valence-electron chi connectivity index (χ3n) is 4.56. The van der Waals surface area contributed by atoms with Crippen LogP contribution < -0.4 is 10.9 Å². The molecule has 0 atom stereocenters. The third-order valence-corrected chi connectivity index (χ3v) is 4.56. The molecular formula is C19H24N4O2. The molecule has 1 aromatic carbocycles. The Kier molecular flexibility index (Phi) is 5.93. The summed E-state index contributed by atoms with van der Waals surface area (Å²) >= 11 is 0. The summed E-state index contributed by atoms with van der Waals surface area (Å²) in [7, 11) is 0. The number of carbonyl (C=O) groups excluding carboxylic acids is 1. The van der Waals surface area contributed by atoms with E-state index in [1.165, 1.54) is 35.9 Å². The van der Waals surface area contributed by atoms with E-state index in [2.05, 4.69) is 21.7 Å². The Morgan fingerprint density at radius 3 is 2.96 bits per heavy atom. The minimum Gasteiger partial charge on any atom is -0.356 e. The van der Waals surface area contributed by atoms with Gasteiger partial charge in [0.05, 0.1) is 5.39 Å². The summed E-state index contributed by atoms with van der Waals surface area (Å²) in [5, 5.41) is 11.5. The molecule has 0 saturated carbocycles. The zero-order valence-corrected chi connectivity index (χ0v) is 14.4. The second kappa shape index (κ2) is 8.55. The maximum atomic E-state index is 12.3. The van der Waals surface area contributed by atoms with Crippen LogP contribution in [0.25, 0.3) is 10.9 Å². The fourth-order valence-corrected chi connectivity index (χ4v) is 3.14. The van der Waals surface area contributed by atoms with Crippen LogP contribution in [0.4, 0.5) is 0 Å². The summed E-state index contributed by atoms with van der Waals surface area (Å²) in [6.45, 7) is 1.09. The second-order valence-corrected chi connectivity index (χ2v) is 6.45. The number of hydrogen-bond acceptors (Lipinski definition) is 4. The Morgan fingerprint density at radius 1 is 1.24 bits per heavy atom. The largest absolute Gasteiger partial charge is 0.356 e. The van der Waals surface area contributed by atoms with E-state index in [0.717, 1.165) is 6.42 Å². The highest BCUT2D eigenvalue weighted by atomic mass is 16.1. The van der Waals surface area contributed by atoms with Gasteiger partial charge in [0.25, 0.3) is 5.56 Å². The van der Waals surface area contributed by atoms with Crippen LogP contribution in [0.3, 0.4) is 0 Å². The molecule has 0 saturated heterocycles. The minimum atomic E-state index is -0.157. The van der Waals surface area contributed by atoms with E-state index in [4.69, 9.17) is 0 Å². The molecule has 0 bridgehead atoms. The number of aryl methyl sites for hydroxylation is 1. The molecule has 1 aliphatic rings. The number of fused-ring (bicyclic) bond motifs is 1. The SMILES string of the molecule is O=C(CCCn1nnc2ccccc2c1=O)NCCC1=CCCCC1. The summed E-state index contributed by atoms with van der Waals surface area (Å²) < 4.78 is 1.34. The lowest BCUT2D eigenvalue weighted by atomic mass is 9.97. The molecule has 2 aromatic rings. The molecule has 0 unspecified atom stereocenters. The quantitative estimate of drug-likeness (QED) is 0.786. The van der Waals surface area contributed by atoms with Crippen molar-refractivity contribution in [3.05, 3.63) is 46.3 Å². The van der Waals surface area contributed by atoms with E-state index in [9.17, 15) is 9.59 Å². The van der Waals surface area contributed by atoms with Crippen LogP contribution in [0.5, 0.6) is 0 Å². The van der Waals surface area contributed by atoms with Gasteiger partial charge in [0, 0.05) is 19.5 Å². The van der Waals surface area contributed by atoms with Gasteiger partial charge < -0.3 is 5.32 Å². The van der Waals surface area contributed by atoms with Crippen molar-refractivity contribution in [3.63, 3.8) is 0 Å². The van der Waals surface area contributed by atoms with Gasteiger partial charge in [0.2, 0.25) is 5.91 Å². The standard InChI is InChI=1S/C19H24N4O2/c24-18(20-13-12-15-7-2-1-3-8-15)11-6-14-23-19(25)16-9-4-5-10-17(16)21-22-23/h4-5,7,9-10H,1-3,6,8,11-14H2,(H,20,24). The van der Waals surface area contributed by atoms with Gasteiger partial charge >= 0.3 is 0 Å². The molecule has 1 N–H and O–H groups in total. The molecule has 6 heteroatoms. The Bertz CT molecular complexity index is 826. The van der Waals surface area contributed by atoms with E-state index in [-0.39, 0.29) is 11.5 Å². The number of benzene rings is 1. The monoisotopic (exact) mass is 340 g/mol. The van der Waals surface area contributed by atoms with Crippen LogP contribution in [0.2, 0.25) is 0 Å². The van der Waals surface area contributed by atoms with Gasteiger partial charge in [-0.25, -0.2) is 4.68 Å². The van der Waals surface area contributed by atoms with E-state index >= 15 is 0 Å². The lowest BCUT2D eigenvalue weighted by molar-refractivity contribution is -0.121. The molecular weight excluding hydrogens is 316 g/mol. The average molecular weight is 340 g/mol. The highest BCUT2D eigenvalue weighted by Crippen LogP contribution is 2.19. The Morgan fingerprint density at radius 2 is 2.12 bits per heavy atom. The van der Waals surface area contributed by atoms with Crippen molar-refractivity contribution in [2.75, 3.05) is 6.54 Å². The zero-order chi connectivity index (χ0) is 17.5. The van der Waals surface area contributed by atoms with Crippen LogP contribution >= 0.6 is 0 Å². The number of aromatic nitrogens is 3. The molecule has 25 heavy (non-hydrogen) atoms. The first-order valence-corrected chi connectivity index (χ1v) is 9.01. The fourth-order valence-electron chi connectivity index (χ4n) is 3.14. The molecule has 1 amide bonds. The van der Waals surface area contributed by atoms with Gasteiger partial charge in [0.1, 0.15) is 5.52 Å². The summed E-state index contributed by atoms with van der Waals surface area (Å²) in [6, 6.07) is 7.15. The van der Waals surface area contributed by atoms with Gasteiger partial charge in [-0.05, 0) is 50.7 Å². The maximum absolute atomic E-state index is 12.3. The zero-order valence-electron chi connectivity index (χ0n) is 14.4. The van der Waals surface area contributed by atoms with Crippen molar-refractivity contribution < 1.29 is 4.79 Å². The van der Waals surface area contributed by atoms with Crippen molar-refractivity contribution in [3.8, 4) is 0 Å². The Balaban J connectivity index is 1.43. The molecule has 0 radical (unpaired) electrons. The molecule has 1 aliphatic carbocycles. The molecule has 3 rings (SSSR count). The smallest absolute Gasteiger partial charge is 0.277 e. The highest BCUT2D eigenvalue weighted by molar-refractivity contribution is 5.76. The van der Waals surface area contributed by atoms with Crippen LogP contribution in [0, 0.1) is 0 Å². The first-order chi connectivity index (χ1) is 12.2. The lowest BCUT2D eigenvalue weighted by Gasteiger charge is -2.13. The average Bonchev–Trinajstić information content (AvgIpc) is 2.65. The molecule has 0 aliphatic heterocycles. The van der Waals surface area contributed by atoms with Crippen molar-refractivity contribution >= 4 is 16.8 Å². The summed E-state index contributed by atoms with van der Waals surface area (Å²) in [4.78, 5) is 24.2. The van der Waals surface area contributed by atoms with E-state index < -0.39 is 0 Å². The second-order valence-electron chi connectivity index (χ2n) is 6.45. The molecule has 6 nitrogen and oxygen atoms in total. The van der Waals surface area contributed by atoms with Gasteiger partial charge in [-0.3, -0.25) is 9.59 Å². The highest BCUT2D eigenvalue weighted by Gasteiger charge is 2.07. The third kappa shape index (κ3) is 4.75. The minimum absolute atomic E-state index is 0.0261. The van der Waals surface area contributed by atoms with Gasteiger partial charge in [-0.1, -0.05) is 29.0 Å². The van der Waals surface area contributed by atoms with Crippen molar-refractivity contribution in [2.24, 2.45) is 0 Å². The van der Waals surface area contributed by atoms with E-state index in [0.29, 0.717) is 36.8 Å². The van der Waals surface area contributed by atoms with Gasteiger partial charge in [-0.15, -0.1) is 5.10 Å². The fraction of sp³-hybridized carbons (Fsp3) is 0.474. The summed E-state index contributed by atoms with van der Waals surface area (Å²) in [5.41, 5.74) is 1.90. The topological polar surface area (TPSA) is 76.9 Å². The first-order valence-electron chi connectivity index (χ1n) is 9.01. The lowest BCUT2D eigenvalue weighted by Crippen LogP contribution is -2.27. The van der Waals surface area contributed by atoms with Crippen LogP contribution in [0.15, 0.2) is 40.7 Å². The maximum Gasteiger partial charge on any atom is 0.277 e. The van der Waals surface area contributed by atoms with E-state index in [1.54, 1.807) is 12.1 Å². The van der Waals surface area contributed by atoms with Crippen LogP contribution in [-0.4, -0.2) is 27.4 Å². The number of nitrogens with one attached hydrogen (secondary N) is 1. The Hall–Kier alpha value is -2.50. The first kappa shape index (κ1) is 17.3. The molecule has 1 aromatic heterocycles. The predicted molar refractivity (Wildman–Crippen MR) is 97.2 cm³/mol. The van der Waals surface area contributed by atoms with Crippen molar-refractivity contribution in [2.45, 2.75) is 51.5 Å². The van der Waals surface area contributed by atoms with Crippen molar-refractivity contribution in [1.29, 1.82) is 0 Å². The normalized spacial score (nSPS) is 14.3. The molecule has 132 valence electrons. The van der Waals surface area contributed by atoms with Gasteiger partial charge in [0.15, 0.2) is 0 Å². The summed E-state index contributed by atoms with van der Waals surface area (Å²) in [5.74, 6) is 0.0261. The number of hydrogen-bond donors (Lipinski definition) is 1. The number of allylic oxidation sites excluding steroid dienone is 1.